The van der Waals surface area contributed by atoms with Crippen molar-refractivity contribution in [3.63, 3.8) is 0 Å². The molecule has 1 aromatic heterocycles. The molecule has 4 rings (SSSR count). The monoisotopic (exact) mass is 410 g/mol. The van der Waals surface area contributed by atoms with Gasteiger partial charge in [-0.2, -0.15) is 0 Å². The third-order valence-electron chi connectivity index (χ3n) is 6.52. The van der Waals surface area contributed by atoms with E-state index in [1.807, 2.05) is 49.1 Å². The Hall–Kier alpha value is -2.63. The number of aromatic nitrogens is 1. The van der Waals surface area contributed by atoms with Crippen LogP contribution in [-0.2, 0) is 20.7 Å². The molecule has 0 radical (unpaired) electrons. The van der Waals surface area contributed by atoms with Crippen LogP contribution in [-0.4, -0.2) is 41.6 Å². The highest BCUT2D eigenvalue weighted by molar-refractivity contribution is 5.84. The van der Waals surface area contributed by atoms with E-state index < -0.39 is 5.41 Å². The van der Waals surface area contributed by atoms with Crippen molar-refractivity contribution in [2.75, 3.05) is 19.7 Å². The average molecular weight is 411 g/mol. The van der Waals surface area contributed by atoms with Crippen molar-refractivity contribution >= 4 is 11.9 Å². The molecule has 1 amide bonds. The average Bonchev–Trinajstić information content (AvgIpc) is 3.29. The van der Waals surface area contributed by atoms with Crippen LogP contribution >= 0.6 is 0 Å². The number of aryl methyl sites for hydroxylation is 1. The van der Waals surface area contributed by atoms with Gasteiger partial charge in [-0.1, -0.05) is 36.3 Å². The summed E-state index contributed by atoms with van der Waals surface area (Å²) in [6.45, 7) is 7.36. The second-order valence-electron chi connectivity index (χ2n) is 8.85. The first-order valence-electron chi connectivity index (χ1n) is 10.9. The number of hydrogen-bond donors (Lipinski definition) is 0. The van der Waals surface area contributed by atoms with Crippen LogP contribution in [0.3, 0.4) is 0 Å². The standard InChI is InChI=1S/C24H30N2O4/c1-4-29-23(28)24(10-7-11-26(15-24)22(27)20-12-17(20)3)14-18-13-21(25-30-18)19-9-6-5-8-16(19)2/h5-6,8-9,13,17,20H,4,7,10-12,14-15H2,1-3H3/t17-,20+,24+/m1/s1. The number of amides is 1. The highest BCUT2D eigenvalue weighted by Crippen LogP contribution is 2.42. The van der Waals surface area contributed by atoms with E-state index in [1.54, 1.807) is 0 Å². The summed E-state index contributed by atoms with van der Waals surface area (Å²) >= 11 is 0. The molecule has 6 nitrogen and oxygen atoms in total. The van der Waals surface area contributed by atoms with Gasteiger partial charge < -0.3 is 14.2 Å². The lowest BCUT2D eigenvalue weighted by molar-refractivity contribution is -0.161. The van der Waals surface area contributed by atoms with Crippen molar-refractivity contribution in [1.29, 1.82) is 0 Å². The maximum Gasteiger partial charge on any atom is 0.314 e. The zero-order valence-corrected chi connectivity index (χ0v) is 18.0. The summed E-state index contributed by atoms with van der Waals surface area (Å²) in [7, 11) is 0. The molecule has 160 valence electrons. The van der Waals surface area contributed by atoms with Gasteiger partial charge in [0.25, 0.3) is 0 Å². The van der Waals surface area contributed by atoms with Crippen molar-refractivity contribution < 1.29 is 18.8 Å². The summed E-state index contributed by atoms with van der Waals surface area (Å²) in [6, 6.07) is 9.92. The van der Waals surface area contributed by atoms with Gasteiger partial charge in [0, 0.05) is 37.1 Å². The predicted octanol–water partition coefficient (Wildman–Crippen LogP) is 4.02. The summed E-state index contributed by atoms with van der Waals surface area (Å²) in [5.41, 5.74) is 2.11. The van der Waals surface area contributed by atoms with Crippen molar-refractivity contribution in [2.45, 2.75) is 46.5 Å². The minimum atomic E-state index is -0.787. The highest BCUT2D eigenvalue weighted by Gasteiger charge is 2.49. The van der Waals surface area contributed by atoms with Gasteiger partial charge in [0.15, 0.2) is 0 Å². The molecule has 2 aromatic rings. The van der Waals surface area contributed by atoms with Gasteiger partial charge in [-0.25, -0.2) is 0 Å². The molecule has 2 aliphatic rings. The number of piperidine rings is 1. The zero-order valence-electron chi connectivity index (χ0n) is 18.0. The SMILES string of the molecule is CCOC(=O)[C@]1(Cc2cc(-c3ccccc3C)no2)CCCN(C(=O)[C@H]2C[C@H]2C)C1. The molecule has 0 spiro atoms. The Morgan fingerprint density at radius 3 is 2.80 bits per heavy atom. The molecular formula is C24H30N2O4. The van der Waals surface area contributed by atoms with Crippen LogP contribution in [0.5, 0.6) is 0 Å². The maximum absolute atomic E-state index is 13.1. The number of ether oxygens (including phenoxy) is 1. The van der Waals surface area contributed by atoms with E-state index in [-0.39, 0.29) is 17.8 Å². The van der Waals surface area contributed by atoms with Crippen LogP contribution in [0.4, 0.5) is 0 Å². The highest BCUT2D eigenvalue weighted by atomic mass is 16.5. The lowest BCUT2D eigenvalue weighted by atomic mass is 9.76. The van der Waals surface area contributed by atoms with Crippen molar-refractivity contribution in [3.8, 4) is 11.3 Å². The molecule has 30 heavy (non-hydrogen) atoms. The number of likely N-dealkylation sites (tertiary alicyclic amines) is 1. The summed E-state index contributed by atoms with van der Waals surface area (Å²) in [4.78, 5) is 27.8. The number of benzene rings is 1. The van der Waals surface area contributed by atoms with Gasteiger partial charge in [-0.3, -0.25) is 9.59 Å². The van der Waals surface area contributed by atoms with Gasteiger partial charge in [0.2, 0.25) is 5.91 Å². The third-order valence-corrected chi connectivity index (χ3v) is 6.52. The van der Waals surface area contributed by atoms with E-state index in [1.165, 1.54) is 0 Å². The van der Waals surface area contributed by atoms with Crippen LogP contribution < -0.4 is 0 Å². The summed E-state index contributed by atoms with van der Waals surface area (Å²) in [6.07, 6.45) is 2.79. The maximum atomic E-state index is 13.1. The fourth-order valence-corrected chi connectivity index (χ4v) is 4.60. The lowest BCUT2D eigenvalue weighted by Gasteiger charge is -2.40. The molecule has 1 aliphatic heterocycles. The number of rotatable bonds is 6. The Labute approximate surface area is 177 Å². The Kier molecular flexibility index (Phi) is 5.67. The number of nitrogens with zero attached hydrogens (tertiary/aromatic N) is 2. The summed E-state index contributed by atoms with van der Waals surface area (Å²) in [5, 5.41) is 4.24. The van der Waals surface area contributed by atoms with E-state index in [0.29, 0.717) is 44.2 Å². The Bertz CT molecular complexity index is 937. The third kappa shape index (κ3) is 4.00. The molecule has 1 saturated carbocycles. The van der Waals surface area contributed by atoms with E-state index in [9.17, 15) is 9.59 Å². The van der Waals surface area contributed by atoms with Crippen molar-refractivity contribution in [1.82, 2.24) is 10.1 Å². The Morgan fingerprint density at radius 1 is 1.33 bits per heavy atom. The van der Waals surface area contributed by atoms with E-state index in [2.05, 4.69) is 12.1 Å². The first-order valence-corrected chi connectivity index (χ1v) is 10.9. The van der Waals surface area contributed by atoms with Gasteiger partial charge in [-0.15, -0.1) is 0 Å². The number of carbonyl (C=O) groups excluding carboxylic acids is 2. The van der Waals surface area contributed by atoms with E-state index >= 15 is 0 Å². The molecule has 1 aromatic carbocycles. The molecule has 0 N–H and O–H groups in total. The zero-order chi connectivity index (χ0) is 21.3. The number of esters is 1. The molecule has 6 heteroatoms. The van der Waals surface area contributed by atoms with Crippen molar-refractivity contribution in [2.24, 2.45) is 17.3 Å². The first-order chi connectivity index (χ1) is 14.4. The van der Waals surface area contributed by atoms with Crippen LogP contribution in [0.1, 0.15) is 44.4 Å². The van der Waals surface area contributed by atoms with E-state index in [4.69, 9.17) is 9.26 Å². The fourth-order valence-electron chi connectivity index (χ4n) is 4.60. The first kappa shape index (κ1) is 20.6. The van der Waals surface area contributed by atoms with E-state index in [0.717, 1.165) is 29.7 Å². The van der Waals surface area contributed by atoms with Gasteiger partial charge in [-0.05, 0) is 44.6 Å². The predicted molar refractivity (Wildman–Crippen MR) is 113 cm³/mol. The van der Waals surface area contributed by atoms with Crippen LogP contribution in [0.2, 0.25) is 0 Å². The largest absolute Gasteiger partial charge is 0.466 e. The smallest absolute Gasteiger partial charge is 0.314 e. The molecule has 2 fully saturated rings. The Morgan fingerprint density at radius 2 is 2.10 bits per heavy atom. The van der Waals surface area contributed by atoms with Crippen LogP contribution in [0.25, 0.3) is 11.3 Å². The Balaban J connectivity index is 1.58. The molecule has 2 heterocycles. The molecule has 3 atom stereocenters. The van der Waals surface area contributed by atoms with Gasteiger partial charge in [0.05, 0.1) is 12.0 Å². The molecule has 1 aliphatic carbocycles. The normalized spacial score (nSPS) is 25.8. The molecule has 0 bridgehead atoms. The van der Waals surface area contributed by atoms with Crippen LogP contribution in [0, 0.1) is 24.2 Å². The minimum absolute atomic E-state index is 0.112. The van der Waals surface area contributed by atoms with Crippen LogP contribution in [0.15, 0.2) is 34.9 Å². The summed E-state index contributed by atoms with van der Waals surface area (Å²) in [5.74, 6) is 1.13. The number of carbonyl (C=O) groups is 2. The minimum Gasteiger partial charge on any atom is -0.466 e. The molecule has 1 saturated heterocycles. The summed E-state index contributed by atoms with van der Waals surface area (Å²) < 4.78 is 11.1. The molecule has 0 unspecified atom stereocenters. The fraction of sp³-hybridized carbons (Fsp3) is 0.542. The molecular weight excluding hydrogens is 380 g/mol. The topological polar surface area (TPSA) is 72.6 Å². The second-order valence-corrected chi connectivity index (χ2v) is 8.85. The van der Waals surface area contributed by atoms with Gasteiger partial charge >= 0.3 is 5.97 Å². The lowest BCUT2D eigenvalue weighted by Crippen LogP contribution is -2.52. The second kappa shape index (κ2) is 8.25. The number of hydrogen-bond acceptors (Lipinski definition) is 5. The quantitative estimate of drug-likeness (QED) is 0.673. The van der Waals surface area contributed by atoms with Gasteiger partial charge in [0.1, 0.15) is 11.5 Å². The van der Waals surface area contributed by atoms with Crippen molar-refractivity contribution in [3.05, 3.63) is 41.7 Å².